The lowest BCUT2D eigenvalue weighted by Crippen LogP contribution is -2.37. The van der Waals surface area contributed by atoms with E-state index in [2.05, 4.69) is 15.2 Å². The molecule has 0 aromatic rings. The molecule has 0 bridgehead atoms. The van der Waals surface area contributed by atoms with Gasteiger partial charge in [-0.1, -0.05) is 0 Å². The molecule has 0 aromatic heterocycles. The predicted molar refractivity (Wildman–Crippen MR) is 62.6 cm³/mol. The molecule has 2 rings (SSSR count). The number of rotatable bonds is 4. The molecule has 2 heterocycles. The highest BCUT2D eigenvalue weighted by Gasteiger charge is 2.28. The Bertz CT molecular complexity index is 240. The Morgan fingerprint density at radius 1 is 1.31 bits per heavy atom. The highest BCUT2D eigenvalue weighted by Crippen LogP contribution is 2.20. The van der Waals surface area contributed by atoms with Gasteiger partial charge in [-0.3, -0.25) is 15.1 Å². The first kappa shape index (κ1) is 11.8. The van der Waals surface area contributed by atoms with E-state index in [0.717, 1.165) is 25.7 Å². The lowest BCUT2D eigenvalue weighted by atomic mass is 10.2. The highest BCUT2D eigenvalue weighted by molar-refractivity contribution is 5.75. The first-order valence-electron chi connectivity index (χ1n) is 6.25. The monoisotopic (exact) mass is 226 g/mol. The van der Waals surface area contributed by atoms with Crippen molar-refractivity contribution in [2.45, 2.75) is 31.7 Å². The summed E-state index contributed by atoms with van der Waals surface area (Å²) in [6.07, 6.45) is 4.48. The van der Waals surface area contributed by atoms with Gasteiger partial charge in [-0.2, -0.15) is 0 Å². The van der Waals surface area contributed by atoms with Gasteiger partial charge in [-0.25, -0.2) is 5.84 Å². The van der Waals surface area contributed by atoms with Crippen molar-refractivity contribution in [1.29, 1.82) is 0 Å². The average molecular weight is 226 g/mol. The topological polar surface area (TPSA) is 61.6 Å². The van der Waals surface area contributed by atoms with Crippen LogP contribution in [0.5, 0.6) is 0 Å². The van der Waals surface area contributed by atoms with Crippen LogP contribution < -0.4 is 11.3 Å². The zero-order valence-corrected chi connectivity index (χ0v) is 9.82. The SMILES string of the molecule is NNC(=O)CCN1CCC(N2CCCC2)C1. The smallest absolute Gasteiger partial charge is 0.235 e. The van der Waals surface area contributed by atoms with E-state index < -0.39 is 0 Å². The number of carbonyl (C=O) groups excluding carboxylic acids is 1. The van der Waals surface area contributed by atoms with Gasteiger partial charge in [-0.05, 0) is 38.9 Å². The van der Waals surface area contributed by atoms with Crippen LogP contribution in [0.4, 0.5) is 0 Å². The third-order valence-corrected chi connectivity index (χ3v) is 3.72. The molecule has 92 valence electrons. The minimum Gasteiger partial charge on any atom is -0.301 e. The van der Waals surface area contributed by atoms with Crippen LogP contribution in [0.1, 0.15) is 25.7 Å². The minimum atomic E-state index is -0.0652. The lowest BCUT2D eigenvalue weighted by Gasteiger charge is -2.23. The van der Waals surface area contributed by atoms with Gasteiger partial charge in [0.25, 0.3) is 0 Å². The molecule has 3 N–H and O–H groups in total. The summed E-state index contributed by atoms with van der Waals surface area (Å²) < 4.78 is 0. The van der Waals surface area contributed by atoms with Gasteiger partial charge < -0.3 is 4.90 Å². The fraction of sp³-hybridized carbons (Fsp3) is 0.909. The Morgan fingerprint density at radius 3 is 2.75 bits per heavy atom. The number of likely N-dealkylation sites (tertiary alicyclic amines) is 2. The summed E-state index contributed by atoms with van der Waals surface area (Å²) in [7, 11) is 0. The van der Waals surface area contributed by atoms with Gasteiger partial charge in [-0.15, -0.1) is 0 Å². The molecule has 2 saturated heterocycles. The molecular formula is C11H22N4O. The minimum absolute atomic E-state index is 0.0652. The number of nitrogens with two attached hydrogens (primary N) is 1. The molecule has 0 aliphatic carbocycles. The van der Waals surface area contributed by atoms with Gasteiger partial charge in [0.1, 0.15) is 0 Å². The summed E-state index contributed by atoms with van der Waals surface area (Å²) in [5.74, 6) is 4.99. The van der Waals surface area contributed by atoms with E-state index in [-0.39, 0.29) is 5.91 Å². The number of hydrogen-bond acceptors (Lipinski definition) is 4. The molecule has 5 nitrogen and oxygen atoms in total. The first-order chi connectivity index (χ1) is 7.79. The maximum atomic E-state index is 11.0. The third-order valence-electron chi connectivity index (χ3n) is 3.72. The molecule has 2 aliphatic heterocycles. The quantitative estimate of drug-likeness (QED) is 0.387. The molecule has 2 fully saturated rings. The summed E-state index contributed by atoms with van der Waals surface area (Å²) in [4.78, 5) is 16.0. The van der Waals surface area contributed by atoms with Gasteiger partial charge in [0.2, 0.25) is 5.91 Å². The van der Waals surface area contributed by atoms with Crippen LogP contribution in [0.2, 0.25) is 0 Å². The average Bonchev–Trinajstić information content (AvgIpc) is 2.95. The van der Waals surface area contributed by atoms with Crippen LogP contribution >= 0.6 is 0 Å². The lowest BCUT2D eigenvalue weighted by molar-refractivity contribution is -0.121. The predicted octanol–water partition coefficient (Wildman–Crippen LogP) is -0.463. The van der Waals surface area contributed by atoms with E-state index in [0.29, 0.717) is 6.42 Å². The van der Waals surface area contributed by atoms with Crippen molar-refractivity contribution in [3.05, 3.63) is 0 Å². The summed E-state index contributed by atoms with van der Waals surface area (Å²) in [5.41, 5.74) is 2.18. The van der Waals surface area contributed by atoms with E-state index in [4.69, 9.17) is 5.84 Å². The van der Waals surface area contributed by atoms with Crippen LogP contribution in [0, 0.1) is 0 Å². The number of nitrogens with zero attached hydrogens (tertiary/aromatic N) is 2. The van der Waals surface area contributed by atoms with E-state index in [1.165, 1.54) is 32.4 Å². The maximum absolute atomic E-state index is 11.0. The Labute approximate surface area is 96.9 Å². The van der Waals surface area contributed by atoms with E-state index in [9.17, 15) is 4.79 Å². The number of amides is 1. The van der Waals surface area contributed by atoms with Crippen molar-refractivity contribution in [3.8, 4) is 0 Å². The van der Waals surface area contributed by atoms with E-state index in [1.54, 1.807) is 0 Å². The highest BCUT2D eigenvalue weighted by atomic mass is 16.2. The molecule has 0 radical (unpaired) electrons. The van der Waals surface area contributed by atoms with E-state index in [1.807, 2.05) is 0 Å². The molecule has 2 aliphatic rings. The second kappa shape index (κ2) is 5.61. The van der Waals surface area contributed by atoms with Crippen LogP contribution in [0.15, 0.2) is 0 Å². The molecule has 1 unspecified atom stereocenters. The van der Waals surface area contributed by atoms with Crippen molar-refractivity contribution in [2.24, 2.45) is 5.84 Å². The molecule has 0 saturated carbocycles. The van der Waals surface area contributed by atoms with Gasteiger partial charge in [0, 0.05) is 25.6 Å². The molecule has 1 amide bonds. The molecule has 1 atom stereocenters. The summed E-state index contributed by atoms with van der Waals surface area (Å²) in [6, 6.07) is 0.725. The van der Waals surface area contributed by atoms with Crippen molar-refractivity contribution >= 4 is 5.91 Å². The normalized spacial score (nSPS) is 27.4. The molecule has 5 heteroatoms. The Morgan fingerprint density at radius 2 is 2.06 bits per heavy atom. The number of nitrogens with one attached hydrogen (secondary N) is 1. The zero-order chi connectivity index (χ0) is 11.4. The Balaban J connectivity index is 1.68. The van der Waals surface area contributed by atoms with Crippen LogP contribution in [0.25, 0.3) is 0 Å². The van der Waals surface area contributed by atoms with Gasteiger partial charge in [0.15, 0.2) is 0 Å². The Hall–Kier alpha value is -0.650. The molecule has 0 aromatic carbocycles. The largest absolute Gasteiger partial charge is 0.301 e. The van der Waals surface area contributed by atoms with Crippen molar-refractivity contribution in [3.63, 3.8) is 0 Å². The third kappa shape index (κ3) is 2.93. The molecule has 0 spiro atoms. The van der Waals surface area contributed by atoms with Crippen molar-refractivity contribution in [2.75, 3.05) is 32.7 Å². The van der Waals surface area contributed by atoms with Crippen LogP contribution in [-0.4, -0.2) is 54.5 Å². The summed E-state index contributed by atoms with van der Waals surface area (Å²) in [6.45, 7) is 5.62. The van der Waals surface area contributed by atoms with Crippen LogP contribution in [0.3, 0.4) is 0 Å². The van der Waals surface area contributed by atoms with Gasteiger partial charge >= 0.3 is 0 Å². The van der Waals surface area contributed by atoms with Gasteiger partial charge in [0.05, 0.1) is 0 Å². The van der Waals surface area contributed by atoms with Crippen molar-refractivity contribution in [1.82, 2.24) is 15.2 Å². The number of hydrazine groups is 1. The fourth-order valence-corrected chi connectivity index (χ4v) is 2.75. The first-order valence-corrected chi connectivity index (χ1v) is 6.25. The zero-order valence-electron chi connectivity index (χ0n) is 9.82. The standard InChI is InChI=1S/C11H22N4O/c12-13-11(16)4-8-14-7-3-10(9-14)15-5-1-2-6-15/h10H,1-9,12H2,(H,13,16). The van der Waals surface area contributed by atoms with Crippen molar-refractivity contribution < 1.29 is 4.79 Å². The fourth-order valence-electron chi connectivity index (χ4n) is 2.75. The second-order valence-electron chi connectivity index (χ2n) is 4.80. The maximum Gasteiger partial charge on any atom is 0.235 e. The summed E-state index contributed by atoms with van der Waals surface area (Å²) >= 11 is 0. The number of carbonyl (C=O) groups is 1. The second-order valence-corrected chi connectivity index (χ2v) is 4.80. The molecule has 16 heavy (non-hydrogen) atoms. The van der Waals surface area contributed by atoms with Crippen LogP contribution in [-0.2, 0) is 4.79 Å². The van der Waals surface area contributed by atoms with E-state index >= 15 is 0 Å². The number of hydrogen-bond donors (Lipinski definition) is 2. The Kier molecular flexibility index (Phi) is 4.15. The molecular weight excluding hydrogens is 204 g/mol. The summed E-state index contributed by atoms with van der Waals surface area (Å²) in [5, 5.41) is 0.